The molecule has 0 atom stereocenters. The zero-order chi connectivity index (χ0) is 10.7. The van der Waals surface area contributed by atoms with Crippen LogP contribution < -0.4 is 5.48 Å². The molecule has 0 aliphatic rings. The third kappa shape index (κ3) is 1.96. The molecule has 1 amide bonds. The summed E-state index contributed by atoms with van der Waals surface area (Å²) in [5.41, 5.74) is 3.77. The molecule has 0 radical (unpaired) electrons. The molecular weight excluding hydrogens is 182 g/mol. The van der Waals surface area contributed by atoms with Crippen molar-refractivity contribution >= 4 is 5.91 Å². The normalized spacial score (nSPS) is 10.3. The van der Waals surface area contributed by atoms with Gasteiger partial charge in [-0.2, -0.15) is 0 Å². The van der Waals surface area contributed by atoms with Crippen LogP contribution in [-0.2, 0) is 4.84 Å². The zero-order valence-corrected chi connectivity index (χ0v) is 8.93. The Hall–Kier alpha value is -1.29. The maximum Gasteiger partial charge on any atom is 0.278 e. The molecule has 78 valence electrons. The van der Waals surface area contributed by atoms with E-state index in [1.54, 1.807) is 13.8 Å². The summed E-state index contributed by atoms with van der Waals surface area (Å²) >= 11 is 0. The summed E-state index contributed by atoms with van der Waals surface area (Å²) in [6.07, 6.45) is 0. The van der Waals surface area contributed by atoms with Gasteiger partial charge in [0.1, 0.15) is 11.5 Å². The molecule has 1 heterocycles. The van der Waals surface area contributed by atoms with Crippen molar-refractivity contribution < 1.29 is 14.0 Å². The Morgan fingerprint density at radius 3 is 2.43 bits per heavy atom. The Morgan fingerprint density at radius 2 is 2.00 bits per heavy atom. The molecule has 0 saturated carbocycles. The van der Waals surface area contributed by atoms with Crippen molar-refractivity contribution in [2.45, 2.75) is 27.7 Å². The van der Waals surface area contributed by atoms with Crippen LogP contribution in [0, 0.1) is 20.8 Å². The first kappa shape index (κ1) is 10.8. The van der Waals surface area contributed by atoms with Gasteiger partial charge in [-0.15, -0.1) is 0 Å². The molecule has 1 aromatic rings. The van der Waals surface area contributed by atoms with Crippen LogP contribution in [0.5, 0.6) is 0 Å². The van der Waals surface area contributed by atoms with Crippen LogP contribution in [0.15, 0.2) is 4.42 Å². The lowest BCUT2D eigenvalue weighted by atomic mass is 10.1. The summed E-state index contributed by atoms with van der Waals surface area (Å²) in [5.74, 6) is 1.14. The third-order valence-corrected chi connectivity index (χ3v) is 2.10. The Balaban J connectivity index is 2.89. The third-order valence-electron chi connectivity index (χ3n) is 2.10. The smallest absolute Gasteiger partial charge is 0.278 e. The molecule has 0 aromatic carbocycles. The fraction of sp³-hybridized carbons (Fsp3) is 0.500. The van der Waals surface area contributed by atoms with Crippen molar-refractivity contribution in [2.75, 3.05) is 6.61 Å². The molecule has 1 rings (SSSR count). The van der Waals surface area contributed by atoms with Gasteiger partial charge in [-0.25, -0.2) is 5.48 Å². The molecule has 0 bridgehead atoms. The summed E-state index contributed by atoms with van der Waals surface area (Å²) in [6, 6.07) is 0. The molecule has 4 heteroatoms. The second kappa shape index (κ2) is 4.28. The quantitative estimate of drug-likeness (QED) is 0.753. The van der Waals surface area contributed by atoms with Crippen LogP contribution in [0.3, 0.4) is 0 Å². The lowest BCUT2D eigenvalue weighted by molar-refractivity contribution is 0.0362. The first-order chi connectivity index (χ1) is 6.57. The minimum atomic E-state index is -0.251. The number of hydroxylamine groups is 1. The fourth-order valence-electron chi connectivity index (χ4n) is 1.32. The van der Waals surface area contributed by atoms with Crippen LogP contribution in [0.4, 0.5) is 0 Å². The number of furan rings is 1. The lowest BCUT2D eigenvalue weighted by Crippen LogP contribution is -2.24. The van der Waals surface area contributed by atoms with Gasteiger partial charge in [0.05, 0.1) is 12.2 Å². The van der Waals surface area contributed by atoms with E-state index in [1.807, 2.05) is 13.8 Å². The second-order valence-corrected chi connectivity index (χ2v) is 3.08. The van der Waals surface area contributed by atoms with Crippen LogP contribution in [0.25, 0.3) is 0 Å². The summed E-state index contributed by atoms with van der Waals surface area (Å²) in [5, 5.41) is 0. The predicted molar refractivity (Wildman–Crippen MR) is 52.0 cm³/mol. The topological polar surface area (TPSA) is 51.5 Å². The Morgan fingerprint density at radius 1 is 1.36 bits per heavy atom. The Labute approximate surface area is 83.2 Å². The summed E-state index contributed by atoms with van der Waals surface area (Å²) in [6.45, 7) is 7.70. The van der Waals surface area contributed by atoms with E-state index in [-0.39, 0.29) is 5.91 Å². The van der Waals surface area contributed by atoms with E-state index in [9.17, 15) is 4.79 Å². The van der Waals surface area contributed by atoms with Gasteiger partial charge in [0.15, 0.2) is 0 Å². The first-order valence-electron chi connectivity index (χ1n) is 4.56. The predicted octanol–water partition coefficient (Wildman–Crippen LogP) is 1.89. The Kier molecular flexibility index (Phi) is 3.30. The average Bonchev–Trinajstić information content (AvgIpc) is 2.38. The molecule has 1 N–H and O–H groups in total. The van der Waals surface area contributed by atoms with Crippen LogP contribution >= 0.6 is 0 Å². The van der Waals surface area contributed by atoms with Crippen LogP contribution in [0.1, 0.15) is 34.4 Å². The maximum atomic E-state index is 11.6. The summed E-state index contributed by atoms with van der Waals surface area (Å²) < 4.78 is 5.33. The van der Waals surface area contributed by atoms with E-state index in [1.165, 1.54) is 0 Å². The number of hydrogen-bond acceptors (Lipinski definition) is 3. The molecule has 4 nitrogen and oxygen atoms in total. The summed E-state index contributed by atoms with van der Waals surface area (Å²) in [7, 11) is 0. The Bertz CT molecular complexity index is 341. The molecular formula is C10H15NO3. The highest BCUT2D eigenvalue weighted by Crippen LogP contribution is 2.20. The van der Waals surface area contributed by atoms with Crippen molar-refractivity contribution in [3.8, 4) is 0 Å². The van der Waals surface area contributed by atoms with Gasteiger partial charge < -0.3 is 4.42 Å². The van der Waals surface area contributed by atoms with Gasteiger partial charge in [0.2, 0.25) is 0 Å². The van der Waals surface area contributed by atoms with E-state index in [4.69, 9.17) is 9.25 Å². The molecule has 0 spiro atoms. The summed E-state index contributed by atoms with van der Waals surface area (Å²) in [4.78, 5) is 16.4. The lowest BCUT2D eigenvalue weighted by Gasteiger charge is -2.02. The number of rotatable bonds is 3. The zero-order valence-electron chi connectivity index (χ0n) is 8.93. The van der Waals surface area contributed by atoms with E-state index in [0.717, 1.165) is 11.3 Å². The van der Waals surface area contributed by atoms with Gasteiger partial charge >= 0.3 is 0 Å². The van der Waals surface area contributed by atoms with E-state index < -0.39 is 0 Å². The number of amides is 1. The van der Waals surface area contributed by atoms with Crippen molar-refractivity contribution in [3.05, 3.63) is 22.6 Å². The van der Waals surface area contributed by atoms with Crippen LogP contribution in [0.2, 0.25) is 0 Å². The number of carbonyl (C=O) groups excluding carboxylic acids is 1. The monoisotopic (exact) mass is 197 g/mol. The van der Waals surface area contributed by atoms with Crippen molar-refractivity contribution in [3.63, 3.8) is 0 Å². The van der Waals surface area contributed by atoms with Gasteiger partial charge in [-0.05, 0) is 27.7 Å². The number of aryl methyl sites for hydroxylation is 2. The van der Waals surface area contributed by atoms with Crippen molar-refractivity contribution in [2.24, 2.45) is 0 Å². The molecule has 0 saturated heterocycles. The van der Waals surface area contributed by atoms with Crippen LogP contribution in [-0.4, -0.2) is 12.5 Å². The SMILES string of the molecule is CCONC(=O)c1c(C)oc(C)c1C. The molecule has 1 aromatic heterocycles. The standard InChI is InChI=1S/C10H15NO3/c1-5-13-11-10(12)9-6(2)7(3)14-8(9)4/h5H2,1-4H3,(H,11,12). The maximum absolute atomic E-state index is 11.6. The van der Waals surface area contributed by atoms with Crippen molar-refractivity contribution in [1.29, 1.82) is 0 Å². The molecule has 0 unspecified atom stereocenters. The fourth-order valence-corrected chi connectivity index (χ4v) is 1.32. The van der Waals surface area contributed by atoms with Gasteiger partial charge in [-0.3, -0.25) is 9.63 Å². The minimum absolute atomic E-state index is 0.251. The van der Waals surface area contributed by atoms with E-state index in [0.29, 0.717) is 17.9 Å². The molecule has 14 heavy (non-hydrogen) atoms. The average molecular weight is 197 g/mol. The highest BCUT2D eigenvalue weighted by Gasteiger charge is 2.18. The minimum Gasteiger partial charge on any atom is -0.466 e. The number of carbonyl (C=O) groups is 1. The number of hydrogen-bond donors (Lipinski definition) is 1. The second-order valence-electron chi connectivity index (χ2n) is 3.08. The van der Waals surface area contributed by atoms with Gasteiger partial charge in [0.25, 0.3) is 5.91 Å². The highest BCUT2D eigenvalue weighted by molar-refractivity contribution is 5.96. The molecule has 0 fully saturated rings. The highest BCUT2D eigenvalue weighted by atomic mass is 16.6. The molecule has 0 aliphatic heterocycles. The van der Waals surface area contributed by atoms with Gasteiger partial charge in [-0.1, -0.05) is 0 Å². The molecule has 0 aliphatic carbocycles. The first-order valence-corrected chi connectivity index (χ1v) is 4.56. The van der Waals surface area contributed by atoms with E-state index >= 15 is 0 Å². The van der Waals surface area contributed by atoms with E-state index in [2.05, 4.69) is 5.48 Å². The number of nitrogens with one attached hydrogen (secondary N) is 1. The largest absolute Gasteiger partial charge is 0.466 e. The van der Waals surface area contributed by atoms with Gasteiger partial charge in [0, 0.05) is 5.56 Å². The van der Waals surface area contributed by atoms with Crippen molar-refractivity contribution in [1.82, 2.24) is 5.48 Å².